The maximum Gasteiger partial charge on any atom is 0.170 e. The van der Waals surface area contributed by atoms with Crippen LogP contribution in [-0.4, -0.2) is 5.78 Å². The van der Waals surface area contributed by atoms with E-state index in [4.69, 9.17) is 22.1 Å². The first-order valence-corrected chi connectivity index (χ1v) is 7.20. The molecule has 0 aromatic heterocycles. The topological polar surface area (TPSA) is 52.3 Å². The lowest BCUT2D eigenvalue weighted by molar-refractivity contribution is 0.0848. The van der Waals surface area contributed by atoms with Gasteiger partial charge in [0, 0.05) is 16.3 Å². The van der Waals surface area contributed by atoms with Crippen molar-refractivity contribution < 1.29 is 9.53 Å². The molecule has 0 aliphatic carbocycles. The number of benzene rings is 2. The van der Waals surface area contributed by atoms with Crippen molar-refractivity contribution in [2.24, 2.45) is 0 Å². The predicted octanol–water partition coefficient (Wildman–Crippen LogP) is 4.25. The number of halogens is 1. The van der Waals surface area contributed by atoms with E-state index >= 15 is 0 Å². The molecule has 4 heteroatoms. The van der Waals surface area contributed by atoms with Crippen molar-refractivity contribution in [1.82, 2.24) is 0 Å². The van der Waals surface area contributed by atoms with Crippen LogP contribution in [-0.2, 0) is 0 Å². The average molecular weight is 302 g/mol. The highest BCUT2D eigenvalue weighted by Crippen LogP contribution is 2.41. The number of hydrogen-bond acceptors (Lipinski definition) is 3. The Morgan fingerprint density at radius 2 is 1.95 bits per heavy atom. The average Bonchev–Trinajstić information content (AvgIpc) is 2.46. The highest BCUT2D eigenvalue weighted by molar-refractivity contribution is 6.31. The molecule has 1 aliphatic rings. The molecule has 0 saturated carbocycles. The van der Waals surface area contributed by atoms with E-state index in [1.807, 2.05) is 32.0 Å². The van der Waals surface area contributed by atoms with Crippen molar-refractivity contribution in [3.63, 3.8) is 0 Å². The van der Waals surface area contributed by atoms with E-state index in [2.05, 4.69) is 0 Å². The summed E-state index contributed by atoms with van der Waals surface area (Å²) in [6.45, 7) is 3.85. The molecule has 108 valence electrons. The van der Waals surface area contributed by atoms with E-state index < -0.39 is 0 Å². The van der Waals surface area contributed by atoms with E-state index in [0.29, 0.717) is 22.0 Å². The molecule has 0 fully saturated rings. The minimum atomic E-state index is -0.347. The van der Waals surface area contributed by atoms with Crippen LogP contribution < -0.4 is 10.5 Å². The fourth-order valence-corrected chi connectivity index (χ4v) is 2.91. The summed E-state index contributed by atoms with van der Waals surface area (Å²) >= 11 is 6.22. The number of Topliss-reactive ketones (excluding diaryl/α,β-unsaturated/α-hetero) is 1. The maximum absolute atomic E-state index is 12.4. The molecule has 1 unspecified atom stereocenters. The van der Waals surface area contributed by atoms with Gasteiger partial charge in [-0.25, -0.2) is 0 Å². The summed E-state index contributed by atoms with van der Waals surface area (Å²) in [4.78, 5) is 12.4. The number of fused-ring (bicyclic) bond motifs is 1. The Bertz CT molecular complexity index is 740. The van der Waals surface area contributed by atoms with Crippen molar-refractivity contribution >= 4 is 23.1 Å². The van der Waals surface area contributed by atoms with Gasteiger partial charge in [0.15, 0.2) is 5.78 Å². The molecule has 0 saturated heterocycles. The van der Waals surface area contributed by atoms with Crippen LogP contribution in [0.2, 0.25) is 5.02 Å². The van der Waals surface area contributed by atoms with Crippen molar-refractivity contribution in [2.75, 3.05) is 5.73 Å². The zero-order valence-electron chi connectivity index (χ0n) is 11.9. The lowest BCUT2D eigenvalue weighted by Gasteiger charge is -2.28. The minimum absolute atomic E-state index is 0.0379. The van der Waals surface area contributed by atoms with E-state index in [9.17, 15) is 4.79 Å². The monoisotopic (exact) mass is 301 g/mol. The molecule has 3 nitrogen and oxygen atoms in total. The van der Waals surface area contributed by atoms with Gasteiger partial charge >= 0.3 is 0 Å². The molecule has 0 amide bonds. The van der Waals surface area contributed by atoms with Gasteiger partial charge in [-0.3, -0.25) is 4.79 Å². The first kappa shape index (κ1) is 14.0. The molecule has 2 N–H and O–H groups in total. The Hall–Kier alpha value is -2.00. The van der Waals surface area contributed by atoms with E-state index in [1.165, 1.54) is 0 Å². The summed E-state index contributed by atoms with van der Waals surface area (Å²) in [6, 6.07) is 9.17. The van der Waals surface area contributed by atoms with Gasteiger partial charge in [-0.05, 0) is 37.1 Å². The highest BCUT2D eigenvalue weighted by Gasteiger charge is 2.30. The van der Waals surface area contributed by atoms with Gasteiger partial charge in [0.2, 0.25) is 0 Å². The molecule has 0 radical (unpaired) electrons. The van der Waals surface area contributed by atoms with Gasteiger partial charge in [-0.15, -0.1) is 0 Å². The van der Waals surface area contributed by atoms with E-state index in [-0.39, 0.29) is 18.3 Å². The zero-order chi connectivity index (χ0) is 15.1. The van der Waals surface area contributed by atoms with E-state index in [1.54, 1.807) is 12.1 Å². The summed E-state index contributed by atoms with van der Waals surface area (Å²) in [6.07, 6.45) is -0.0704. The molecule has 3 rings (SSSR count). The molecule has 2 aromatic rings. The molecule has 21 heavy (non-hydrogen) atoms. The molecule has 1 heterocycles. The standard InChI is InChI=1S/C17H16ClNO2/c1-9-10(2)17-12(7-14(9)19)15(20)8-16(21-17)11-5-3-4-6-13(11)18/h3-7,16H,8,19H2,1-2H3. The van der Waals surface area contributed by atoms with Gasteiger partial charge < -0.3 is 10.5 Å². The number of hydrogen-bond donors (Lipinski definition) is 1. The van der Waals surface area contributed by atoms with Crippen molar-refractivity contribution in [3.8, 4) is 5.75 Å². The van der Waals surface area contributed by atoms with Crippen LogP contribution in [0.1, 0.15) is 39.6 Å². The Morgan fingerprint density at radius 1 is 1.24 bits per heavy atom. The van der Waals surface area contributed by atoms with Crippen LogP contribution in [0.4, 0.5) is 5.69 Å². The summed E-state index contributed by atoms with van der Waals surface area (Å²) < 4.78 is 6.08. The Balaban J connectivity index is 2.09. The Morgan fingerprint density at radius 3 is 2.67 bits per heavy atom. The Kier molecular flexibility index (Phi) is 3.38. The number of nitrogen functional groups attached to an aromatic ring is 1. The smallest absolute Gasteiger partial charge is 0.170 e. The van der Waals surface area contributed by atoms with E-state index in [0.717, 1.165) is 16.7 Å². The second-order valence-corrected chi connectivity index (χ2v) is 5.75. The minimum Gasteiger partial charge on any atom is -0.484 e. The number of carbonyl (C=O) groups is 1. The fraction of sp³-hybridized carbons (Fsp3) is 0.235. The maximum atomic E-state index is 12.4. The summed E-state index contributed by atoms with van der Waals surface area (Å²) in [5, 5.41) is 0.614. The summed E-state index contributed by atoms with van der Waals surface area (Å²) in [5.74, 6) is 0.666. The first-order chi connectivity index (χ1) is 9.99. The molecular formula is C17H16ClNO2. The number of anilines is 1. The number of carbonyl (C=O) groups excluding carboxylic acids is 1. The van der Waals surface area contributed by atoms with Crippen molar-refractivity contribution in [3.05, 3.63) is 57.6 Å². The van der Waals surface area contributed by atoms with Crippen LogP contribution in [0, 0.1) is 13.8 Å². The van der Waals surface area contributed by atoms with Crippen LogP contribution in [0.3, 0.4) is 0 Å². The normalized spacial score (nSPS) is 17.3. The zero-order valence-corrected chi connectivity index (χ0v) is 12.7. The van der Waals surface area contributed by atoms with Gasteiger partial charge in [0.25, 0.3) is 0 Å². The third-order valence-corrected chi connectivity index (χ3v) is 4.41. The quantitative estimate of drug-likeness (QED) is 0.801. The second kappa shape index (κ2) is 5.08. The van der Waals surface area contributed by atoms with Crippen LogP contribution in [0.25, 0.3) is 0 Å². The molecule has 0 spiro atoms. The molecule has 0 bridgehead atoms. The van der Waals surface area contributed by atoms with Gasteiger partial charge in [0.05, 0.1) is 12.0 Å². The number of ketones is 1. The van der Waals surface area contributed by atoms with Gasteiger partial charge in [0.1, 0.15) is 11.9 Å². The summed E-state index contributed by atoms with van der Waals surface area (Å²) in [7, 11) is 0. The fourth-order valence-electron chi connectivity index (χ4n) is 2.65. The lowest BCUT2D eigenvalue weighted by atomic mass is 9.92. The van der Waals surface area contributed by atoms with Crippen LogP contribution in [0.15, 0.2) is 30.3 Å². The van der Waals surface area contributed by atoms with Crippen molar-refractivity contribution in [2.45, 2.75) is 26.4 Å². The predicted molar refractivity (Wildman–Crippen MR) is 84.1 cm³/mol. The molecule has 1 atom stereocenters. The van der Waals surface area contributed by atoms with Gasteiger partial charge in [-0.2, -0.15) is 0 Å². The van der Waals surface area contributed by atoms with Crippen LogP contribution in [0.5, 0.6) is 5.75 Å². The second-order valence-electron chi connectivity index (χ2n) is 5.35. The summed E-state index contributed by atoms with van der Waals surface area (Å²) in [5.41, 5.74) is 9.84. The lowest BCUT2D eigenvalue weighted by Crippen LogP contribution is -2.22. The Labute approximate surface area is 128 Å². The first-order valence-electron chi connectivity index (χ1n) is 6.83. The molecule has 2 aromatic carbocycles. The number of rotatable bonds is 1. The number of nitrogens with two attached hydrogens (primary N) is 1. The largest absolute Gasteiger partial charge is 0.484 e. The third-order valence-electron chi connectivity index (χ3n) is 4.06. The third kappa shape index (κ3) is 2.28. The highest BCUT2D eigenvalue weighted by atomic mass is 35.5. The SMILES string of the molecule is Cc1c(N)cc2c(c1C)OC(c1ccccc1Cl)CC2=O. The van der Waals surface area contributed by atoms with Crippen LogP contribution >= 0.6 is 11.6 Å². The number of ether oxygens (including phenoxy) is 1. The molecule has 1 aliphatic heterocycles. The van der Waals surface area contributed by atoms with Gasteiger partial charge in [-0.1, -0.05) is 29.8 Å². The molecular weight excluding hydrogens is 286 g/mol. The van der Waals surface area contributed by atoms with Crippen molar-refractivity contribution in [1.29, 1.82) is 0 Å².